The highest BCUT2D eigenvalue weighted by Crippen LogP contribution is 2.12. The third kappa shape index (κ3) is 3.49. The number of carbonyl (C=O) groups is 2. The first kappa shape index (κ1) is 14.7. The first-order valence-corrected chi connectivity index (χ1v) is 7.06. The van der Waals surface area contributed by atoms with Crippen LogP contribution in [-0.2, 0) is 9.47 Å². The lowest BCUT2D eigenvalue weighted by Crippen LogP contribution is -2.45. The number of carbonyl (C=O) groups excluding carboxylic acids is 2. The second kappa shape index (κ2) is 6.67. The van der Waals surface area contributed by atoms with E-state index >= 15 is 0 Å². The molecule has 0 aromatic carbocycles. The Kier molecular flexibility index (Phi) is 4.45. The van der Waals surface area contributed by atoms with Crippen molar-refractivity contribution in [3.05, 3.63) is 24.3 Å². The second-order valence-corrected chi connectivity index (χ2v) is 5.10. The monoisotopic (exact) mass is 307 g/mol. The molecule has 1 atom stereocenters. The van der Waals surface area contributed by atoms with Crippen molar-refractivity contribution in [2.75, 3.05) is 39.4 Å². The van der Waals surface area contributed by atoms with Crippen LogP contribution in [0.4, 0.5) is 4.79 Å². The number of hydrogen-bond acceptors (Lipinski definition) is 7. The van der Waals surface area contributed by atoms with Crippen molar-refractivity contribution in [2.45, 2.75) is 6.10 Å². The van der Waals surface area contributed by atoms with Gasteiger partial charge < -0.3 is 9.47 Å². The molecule has 0 aliphatic carbocycles. The second-order valence-electron chi connectivity index (χ2n) is 5.10. The Morgan fingerprint density at radius 1 is 1.32 bits per heavy atom. The van der Waals surface area contributed by atoms with E-state index in [1.165, 1.54) is 23.7 Å². The summed E-state index contributed by atoms with van der Waals surface area (Å²) in [7, 11) is 0. The highest BCUT2D eigenvalue weighted by molar-refractivity contribution is 5.94. The number of cyclic esters (lactones) is 1. The van der Waals surface area contributed by atoms with Crippen LogP contribution in [0, 0.1) is 0 Å². The predicted octanol–water partition coefficient (Wildman–Crippen LogP) is -0.726. The van der Waals surface area contributed by atoms with Gasteiger partial charge in [0.15, 0.2) is 0 Å². The lowest BCUT2D eigenvalue weighted by molar-refractivity contribution is 0.0188. The zero-order chi connectivity index (χ0) is 15.4. The Bertz CT molecular complexity index is 534. The zero-order valence-electron chi connectivity index (χ0n) is 12.0. The van der Waals surface area contributed by atoms with Gasteiger partial charge in [-0.1, -0.05) is 0 Å². The molecule has 1 unspecified atom stereocenters. The highest BCUT2D eigenvalue weighted by Gasteiger charge is 2.34. The molecule has 1 aromatic rings. The van der Waals surface area contributed by atoms with Gasteiger partial charge in [0, 0.05) is 32.0 Å². The summed E-state index contributed by atoms with van der Waals surface area (Å²) in [4.78, 5) is 33.5. The minimum absolute atomic E-state index is 0.266. The molecule has 2 aliphatic heterocycles. The van der Waals surface area contributed by atoms with Gasteiger partial charge in [0.1, 0.15) is 12.4 Å². The van der Waals surface area contributed by atoms with Crippen LogP contribution in [0.25, 0.3) is 0 Å². The lowest BCUT2D eigenvalue weighted by Gasteiger charge is -2.27. The van der Waals surface area contributed by atoms with E-state index in [0.29, 0.717) is 26.3 Å². The molecule has 0 bridgehead atoms. The van der Waals surface area contributed by atoms with Crippen LogP contribution in [0.15, 0.2) is 18.7 Å². The molecule has 0 saturated carbocycles. The molecule has 1 aromatic heterocycles. The Hall–Kier alpha value is -2.26. The van der Waals surface area contributed by atoms with Crippen LogP contribution in [0.5, 0.6) is 0 Å². The first-order chi connectivity index (χ1) is 10.7. The van der Waals surface area contributed by atoms with Crippen molar-refractivity contribution < 1.29 is 19.1 Å². The maximum atomic E-state index is 12.0. The zero-order valence-corrected chi connectivity index (χ0v) is 12.0. The molecule has 1 N–H and O–H groups in total. The molecular formula is C13H17N5O4. The number of rotatable bonds is 4. The van der Waals surface area contributed by atoms with Crippen molar-refractivity contribution in [2.24, 2.45) is 0 Å². The molecule has 9 heteroatoms. The number of morpholine rings is 1. The molecule has 22 heavy (non-hydrogen) atoms. The smallest absolute Gasteiger partial charge is 0.429 e. The number of ether oxygens (including phenoxy) is 2. The summed E-state index contributed by atoms with van der Waals surface area (Å²) in [6, 6.07) is 0. The Labute approximate surface area is 127 Å². The summed E-state index contributed by atoms with van der Waals surface area (Å²) < 4.78 is 10.6. The van der Waals surface area contributed by atoms with Gasteiger partial charge in [-0.15, -0.1) is 0 Å². The van der Waals surface area contributed by atoms with E-state index in [4.69, 9.17) is 9.47 Å². The molecule has 0 radical (unpaired) electrons. The van der Waals surface area contributed by atoms with Gasteiger partial charge in [-0.3, -0.25) is 15.1 Å². The van der Waals surface area contributed by atoms with Crippen LogP contribution < -0.4 is 5.43 Å². The predicted molar refractivity (Wildman–Crippen MR) is 73.7 cm³/mol. The molecule has 2 aliphatic rings. The van der Waals surface area contributed by atoms with Crippen LogP contribution in [0.3, 0.4) is 0 Å². The summed E-state index contributed by atoms with van der Waals surface area (Å²) >= 11 is 0. The van der Waals surface area contributed by atoms with E-state index in [2.05, 4.69) is 20.3 Å². The number of hydrazine groups is 1. The minimum atomic E-state index is -0.552. The minimum Gasteiger partial charge on any atom is -0.442 e. The molecule has 2 fully saturated rings. The average molecular weight is 307 g/mol. The largest absolute Gasteiger partial charge is 0.442 e. The Morgan fingerprint density at radius 3 is 2.77 bits per heavy atom. The van der Waals surface area contributed by atoms with E-state index in [0.717, 1.165) is 13.1 Å². The SMILES string of the molecule is O=C(NN1CC(CN2CCOCC2)OC1=O)c1cncnc1. The lowest BCUT2D eigenvalue weighted by atomic mass is 10.3. The molecule has 2 saturated heterocycles. The van der Waals surface area contributed by atoms with Crippen molar-refractivity contribution in [3.63, 3.8) is 0 Å². The van der Waals surface area contributed by atoms with E-state index < -0.39 is 12.0 Å². The summed E-state index contributed by atoms with van der Waals surface area (Å²) in [6.07, 6.45) is 3.28. The van der Waals surface area contributed by atoms with E-state index in [-0.39, 0.29) is 11.7 Å². The molecule has 2 amide bonds. The quantitative estimate of drug-likeness (QED) is 0.783. The van der Waals surface area contributed by atoms with Gasteiger partial charge >= 0.3 is 6.09 Å². The van der Waals surface area contributed by atoms with Crippen molar-refractivity contribution in [1.82, 2.24) is 25.3 Å². The van der Waals surface area contributed by atoms with E-state index in [1.807, 2.05) is 0 Å². The van der Waals surface area contributed by atoms with Crippen molar-refractivity contribution in [3.8, 4) is 0 Å². The highest BCUT2D eigenvalue weighted by atomic mass is 16.6. The van der Waals surface area contributed by atoms with Gasteiger partial charge in [0.2, 0.25) is 0 Å². The fraction of sp³-hybridized carbons (Fsp3) is 0.538. The number of nitrogens with zero attached hydrogens (tertiary/aromatic N) is 4. The third-order valence-electron chi connectivity index (χ3n) is 3.50. The molecular weight excluding hydrogens is 290 g/mol. The van der Waals surface area contributed by atoms with Crippen molar-refractivity contribution in [1.29, 1.82) is 0 Å². The van der Waals surface area contributed by atoms with Crippen LogP contribution >= 0.6 is 0 Å². The summed E-state index contributed by atoms with van der Waals surface area (Å²) in [5, 5.41) is 1.18. The van der Waals surface area contributed by atoms with Gasteiger partial charge in [0.25, 0.3) is 5.91 Å². The van der Waals surface area contributed by atoms with Crippen LogP contribution in [0.1, 0.15) is 10.4 Å². The maximum absolute atomic E-state index is 12.0. The molecule has 3 rings (SSSR count). The van der Waals surface area contributed by atoms with Crippen molar-refractivity contribution >= 4 is 12.0 Å². The Morgan fingerprint density at radius 2 is 2.05 bits per heavy atom. The number of aromatic nitrogens is 2. The maximum Gasteiger partial charge on any atom is 0.429 e. The summed E-state index contributed by atoms with van der Waals surface area (Å²) in [5.41, 5.74) is 2.79. The fourth-order valence-electron chi connectivity index (χ4n) is 2.38. The Balaban J connectivity index is 1.52. The summed E-state index contributed by atoms with van der Waals surface area (Å²) in [5.74, 6) is -0.440. The number of hydrogen-bond donors (Lipinski definition) is 1. The average Bonchev–Trinajstić information content (AvgIpc) is 2.88. The normalized spacial score (nSPS) is 22.5. The topological polar surface area (TPSA) is 96.9 Å². The third-order valence-corrected chi connectivity index (χ3v) is 3.50. The first-order valence-electron chi connectivity index (χ1n) is 7.06. The fourth-order valence-corrected chi connectivity index (χ4v) is 2.38. The van der Waals surface area contributed by atoms with E-state index in [1.54, 1.807) is 0 Å². The molecule has 9 nitrogen and oxygen atoms in total. The number of nitrogens with one attached hydrogen (secondary N) is 1. The van der Waals surface area contributed by atoms with Gasteiger partial charge in [-0.2, -0.15) is 0 Å². The van der Waals surface area contributed by atoms with Gasteiger partial charge in [0.05, 0.1) is 25.3 Å². The molecule has 0 spiro atoms. The van der Waals surface area contributed by atoms with Crippen LogP contribution in [-0.4, -0.2) is 77.4 Å². The van der Waals surface area contributed by atoms with Crippen LogP contribution in [0.2, 0.25) is 0 Å². The summed E-state index contributed by atoms with van der Waals surface area (Å²) in [6.45, 7) is 3.97. The standard InChI is InChI=1S/C13H17N5O4/c19-12(10-5-14-9-15-6-10)16-18-8-11(22-13(18)20)7-17-1-3-21-4-2-17/h5-6,9,11H,1-4,7-8H2,(H,16,19). The van der Waals surface area contributed by atoms with Gasteiger partial charge in [-0.25, -0.2) is 19.8 Å². The number of amides is 2. The molecule has 118 valence electrons. The molecule has 3 heterocycles. The van der Waals surface area contributed by atoms with Gasteiger partial charge in [-0.05, 0) is 0 Å². The van der Waals surface area contributed by atoms with E-state index in [9.17, 15) is 9.59 Å².